The fourth-order valence-electron chi connectivity index (χ4n) is 3.46. The van der Waals surface area contributed by atoms with Crippen molar-refractivity contribution in [3.05, 3.63) is 69.6 Å². The Kier molecular flexibility index (Phi) is 5.45. The molecule has 1 aromatic carbocycles. The maximum absolute atomic E-state index is 11.8. The highest BCUT2D eigenvalue weighted by atomic mass is 16.1. The first-order valence-corrected chi connectivity index (χ1v) is 8.63. The van der Waals surface area contributed by atoms with E-state index in [-0.39, 0.29) is 5.56 Å². The number of rotatable bonds is 5. The molecule has 1 aromatic heterocycles. The number of nitriles is 1. The molecule has 0 saturated carbocycles. The van der Waals surface area contributed by atoms with Crippen LogP contribution >= 0.6 is 0 Å². The van der Waals surface area contributed by atoms with Gasteiger partial charge in [0, 0.05) is 18.3 Å². The van der Waals surface area contributed by atoms with Crippen molar-refractivity contribution < 1.29 is 0 Å². The third-order valence-corrected chi connectivity index (χ3v) is 4.96. The van der Waals surface area contributed by atoms with Gasteiger partial charge in [-0.3, -0.25) is 9.69 Å². The quantitative estimate of drug-likeness (QED) is 0.920. The van der Waals surface area contributed by atoms with Gasteiger partial charge in [0.05, 0.1) is 11.6 Å². The lowest BCUT2D eigenvalue weighted by Gasteiger charge is -2.31. The summed E-state index contributed by atoms with van der Waals surface area (Å²) in [5, 5.41) is 9.17. The number of hydrogen-bond acceptors (Lipinski definition) is 3. The van der Waals surface area contributed by atoms with Crippen molar-refractivity contribution in [2.24, 2.45) is 5.92 Å². The molecular weight excluding hydrogens is 298 g/mol. The topological polar surface area (TPSA) is 59.9 Å². The van der Waals surface area contributed by atoms with E-state index in [1.54, 1.807) is 6.20 Å². The van der Waals surface area contributed by atoms with Gasteiger partial charge in [-0.25, -0.2) is 0 Å². The van der Waals surface area contributed by atoms with Crippen LogP contribution in [-0.2, 0) is 13.0 Å². The largest absolute Gasteiger partial charge is 0.329 e. The van der Waals surface area contributed by atoms with Crippen LogP contribution < -0.4 is 5.56 Å². The number of nitrogens with zero attached hydrogens (tertiary/aromatic N) is 2. The Hall–Kier alpha value is -2.38. The maximum atomic E-state index is 11.8. The molecule has 1 aliphatic heterocycles. The number of aromatic amines is 1. The van der Waals surface area contributed by atoms with E-state index in [0.29, 0.717) is 5.92 Å². The van der Waals surface area contributed by atoms with Crippen LogP contribution in [0, 0.1) is 17.2 Å². The maximum Gasteiger partial charge on any atom is 0.252 e. The smallest absolute Gasteiger partial charge is 0.252 e. The Balaban J connectivity index is 1.48. The minimum Gasteiger partial charge on any atom is -0.329 e. The Morgan fingerprint density at radius 3 is 2.62 bits per heavy atom. The van der Waals surface area contributed by atoms with Gasteiger partial charge in [-0.05, 0) is 62.4 Å². The second-order valence-electron chi connectivity index (χ2n) is 6.55. The standard InChI is InChI=1S/C20H23N3O/c21-14-18-5-2-1-4-17(18)8-7-16-9-12-23(13-10-16)15-19-6-3-11-22-20(19)24/h1-6,11,16H,7-10,12-13,15H2,(H,22,24). The van der Waals surface area contributed by atoms with E-state index in [4.69, 9.17) is 5.26 Å². The van der Waals surface area contributed by atoms with Crippen molar-refractivity contribution in [3.8, 4) is 6.07 Å². The average molecular weight is 321 g/mol. The van der Waals surface area contributed by atoms with E-state index in [9.17, 15) is 4.79 Å². The lowest BCUT2D eigenvalue weighted by Crippen LogP contribution is -2.35. The van der Waals surface area contributed by atoms with Crippen molar-refractivity contribution in [1.29, 1.82) is 5.26 Å². The van der Waals surface area contributed by atoms with Gasteiger partial charge in [0.2, 0.25) is 0 Å². The van der Waals surface area contributed by atoms with Gasteiger partial charge < -0.3 is 4.98 Å². The molecule has 24 heavy (non-hydrogen) atoms. The van der Waals surface area contributed by atoms with Gasteiger partial charge in [-0.2, -0.15) is 5.26 Å². The first-order valence-electron chi connectivity index (χ1n) is 8.63. The summed E-state index contributed by atoms with van der Waals surface area (Å²) >= 11 is 0. The number of aromatic nitrogens is 1. The number of aryl methyl sites for hydroxylation is 1. The van der Waals surface area contributed by atoms with Crippen LogP contribution in [0.1, 0.15) is 36.0 Å². The zero-order valence-electron chi connectivity index (χ0n) is 13.9. The normalized spacial score (nSPS) is 16.0. The van der Waals surface area contributed by atoms with E-state index in [1.807, 2.05) is 30.3 Å². The summed E-state index contributed by atoms with van der Waals surface area (Å²) in [4.78, 5) is 16.9. The Morgan fingerprint density at radius 2 is 1.88 bits per heavy atom. The molecule has 0 amide bonds. The summed E-state index contributed by atoms with van der Waals surface area (Å²) in [7, 11) is 0. The van der Waals surface area contributed by atoms with Crippen molar-refractivity contribution >= 4 is 0 Å². The van der Waals surface area contributed by atoms with Crippen LogP contribution in [0.5, 0.6) is 0 Å². The number of likely N-dealkylation sites (tertiary alicyclic amines) is 1. The van der Waals surface area contributed by atoms with Crippen molar-refractivity contribution in [3.63, 3.8) is 0 Å². The molecule has 0 spiro atoms. The predicted octanol–water partition coefficient (Wildman–Crippen LogP) is 3.09. The van der Waals surface area contributed by atoms with Gasteiger partial charge >= 0.3 is 0 Å². The summed E-state index contributed by atoms with van der Waals surface area (Å²) in [5.74, 6) is 0.710. The minimum absolute atomic E-state index is 0.0210. The zero-order valence-corrected chi connectivity index (χ0v) is 13.9. The molecule has 1 N–H and O–H groups in total. The second-order valence-corrected chi connectivity index (χ2v) is 6.55. The van der Waals surface area contributed by atoms with E-state index < -0.39 is 0 Å². The number of H-pyrrole nitrogens is 1. The van der Waals surface area contributed by atoms with Crippen molar-refractivity contribution in [2.45, 2.75) is 32.2 Å². The van der Waals surface area contributed by atoms with Crippen molar-refractivity contribution in [1.82, 2.24) is 9.88 Å². The second kappa shape index (κ2) is 7.94. The van der Waals surface area contributed by atoms with Crippen molar-refractivity contribution in [2.75, 3.05) is 13.1 Å². The number of piperidine rings is 1. The molecule has 4 heteroatoms. The van der Waals surface area contributed by atoms with Gasteiger partial charge in [0.25, 0.3) is 5.56 Å². The molecule has 124 valence electrons. The summed E-state index contributed by atoms with van der Waals surface area (Å²) in [6.07, 6.45) is 6.13. The molecule has 1 fully saturated rings. The third-order valence-electron chi connectivity index (χ3n) is 4.96. The van der Waals surface area contributed by atoms with Crippen LogP contribution in [0.3, 0.4) is 0 Å². The minimum atomic E-state index is 0.0210. The number of nitrogens with one attached hydrogen (secondary N) is 1. The molecule has 2 heterocycles. The van der Waals surface area contributed by atoms with Crippen LogP contribution in [0.4, 0.5) is 0 Å². The molecule has 2 aromatic rings. The molecule has 0 aliphatic carbocycles. The molecule has 4 nitrogen and oxygen atoms in total. The van der Waals surface area contributed by atoms with Gasteiger partial charge in [-0.15, -0.1) is 0 Å². The molecular formula is C20H23N3O. The lowest BCUT2D eigenvalue weighted by molar-refractivity contribution is 0.172. The molecule has 0 atom stereocenters. The third kappa shape index (κ3) is 4.12. The van der Waals surface area contributed by atoms with Crippen LogP contribution in [0.15, 0.2) is 47.4 Å². The van der Waals surface area contributed by atoms with Crippen LogP contribution in [-0.4, -0.2) is 23.0 Å². The zero-order chi connectivity index (χ0) is 16.8. The molecule has 0 radical (unpaired) electrons. The summed E-state index contributed by atoms with van der Waals surface area (Å²) < 4.78 is 0. The van der Waals surface area contributed by atoms with E-state index in [1.165, 1.54) is 18.4 Å². The Labute approximate surface area is 142 Å². The molecule has 0 bridgehead atoms. The van der Waals surface area contributed by atoms with Gasteiger partial charge in [0.1, 0.15) is 0 Å². The first kappa shape index (κ1) is 16.5. The fourth-order valence-corrected chi connectivity index (χ4v) is 3.46. The summed E-state index contributed by atoms with van der Waals surface area (Å²) in [5.41, 5.74) is 2.84. The SMILES string of the molecule is N#Cc1ccccc1CCC1CCN(Cc2ccc[nH]c2=O)CC1. The first-order chi connectivity index (χ1) is 11.8. The van der Waals surface area contributed by atoms with Crippen LogP contribution in [0.2, 0.25) is 0 Å². The molecule has 3 rings (SSSR count). The fraction of sp³-hybridized carbons (Fsp3) is 0.400. The molecule has 1 saturated heterocycles. The highest BCUT2D eigenvalue weighted by Crippen LogP contribution is 2.24. The van der Waals surface area contributed by atoms with E-state index in [2.05, 4.69) is 22.0 Å². The predicted molar refractivity (Wildman–Crippen MR) is 94.5 cm³/mol. The number of benzene rings is 1. The monoisotopic (exact) mass is 321 g/mol. The average Bonchev–Trinajstić information content (AvgIpc) is 2.63. The summed E-state index contributed by atoms with van der Waals surface area (Å²) in [6.45, 7) is 2.82. The van der Waals surface area contributed by atoms with Gasteiger partial charge in [-0.1, -0.05) is 24.3 Å². The number of hydrogen-bond donors (Lipinski definition) is 1. The van der Waals surface area contributed by atoms with Gasteiger partial charge in [0.15, 0.2) is 0 Å². The molecule has 1 aliphatic rings. The summed E-state index contributed by atoms with van der Waals surface area (Å²) in [6, 6.07) is 14.0. The number of pyridine rings is 1. The Morgan fingerprint density at radius 1 is 1.12 bits per heavy atom. The highest BCUT2D eigenvalue weighted by molar-refractivity contribution is 5.37. The lowest BCUT2D eigenvalue weighted by atomic mass is 9.89. The van der Waals surface area contributed by atoms with E-state index >= 15 is 0 Å². The molecule has 0 unspecified atom stereocenters. The van der Waals surface area contributed by atoms with Crippen LogP contribution in [0.25, 0.3) is 0 Å². The Bertz CT molecular complexity index is 767. The van der Waals surface area contributed by atoms with E-state index in [0.717, 1.165) is 43.6 Å². The highest BCUT2D eigenvalue weighted by Gasteiger charge is 2.20.